The van der Waals surface area contributed by atoms with Crippen molar-refractivity contribution >= 4 is 38.5 Å². The normalized spacial score (nSPS) is 14.1. The van der Waals surface area contributed by atoms with Gasteiger partial charge in [0.05, 0.1) is 10.5 Å². The van der Waals surface area contributed by atoms with Gasteiger partial charge in [-0.15, -0.1) is 0 Å². The van der Waals surface area contributed by atoms with E-state index >= 15 is 0 Å². The minimum atomic E-state index is -3.77. The number of carbonyl (C=O) groups excluding carboxylic acids is 3. The van der Waals surface area contributed by atoms with Gasteiger partial charge >= 0.3 is 0 Å². The second-order valence-corrected chi connectivity index (χ2v) is 10.2. The average Bonchev–Trinajstić information content (AvgIpc) is 3.22. The van der Waals surface area contributed by atoms with E-state index < -0.39 is 21.7 Å². The Labute approximate surface area is 203 Å². The van der Waals surface area contributed by atoms with Crippen LogP contribution in [0.3, 0.4) is 0 Å². The first-order valence-corrected chi connectivity index (χ1v) is 13.1. The molecule has 1 aliphatic heterocycles. The number of fused-ring (bicyclic) bond motifs is 1. The first-order chi connectivity index (χ1) is 16.7. The second kappa shape index (κ2) is 10.4. The summed E-state index contributed by atoms with van der Waals surface area (Å²) in [6.45, 7) is 1.81. The first kappa shape index (κ1) is 24.6. The van der Waals surface area contributed by atoms with Gasteiger partial charge in [-0.05, 0) is 49.4 Å². The Balaban J connectivity index is 1.42. The number of nitrogens with two attached hydrogens (primary N) is 1. The molecular formula is C25H28N4O5S. The zero-order valence-corrected chi connectivity index (χ0v) is 20.1. The van der Waals surface area contributed by atoms with Gasteiger partial charge in [0, 0.05) is 36.7 Å². The molecule has 2 amide bonds. The summed E-state index contributed by atoms with van der Waals surface area (Å²) in [5.41, 5.74) is 1.77. The van der Waals surface area contributed by atoms with Crippen molar-refractivity contribution in [3.63, 3.8) is 0 Å². The molecule has 0 spiro atoms. The number of primary sulfonamides is 1. The Kier molecular flexibility index (Phi) is 7.32. The van der Waals surface area contributed by atoms with Gasteiger partial charge in [-0.1, -0.05) is 30.3 Å². The Morgan fingerprint density at radius 3 is 2.31 bits per heavy atom. The van der Waals surface area contributed by atoms with E-state index in [1.54, 1.807) is 35.0 Å². The van der Waals surface area contributed by atoms with Crippen LogP contribution >= 0.6 is 0 Å². The number of hydrogen-bond acceptors (Lipinski definition) is 5. The molecule has 1 fully saturated rings. The lowest BCUT2D eigenvalue weighted by molar-refractivity contribution is -0.132. The number of piperidine rings is 1. The molecule has 1 aromatic heterocycles. The van der Waals surface area contributed by atoms with Crippen LogP contribution in [0.25, 0.3) is 10.9 Å². The minimum Gasteiger partial charge on any atom is -0.349 e. The molecule has 0 atom stereocenters. The molecule has 2 aromatic carbocycles. The van der Waals surface area contributed by atoms with Crippen molar-refractivity contribution in [3.05, 3.63) is 65.9 Å². The maximum absolute atomic E-state index is 13.0. The van der Waals surface area contributed by atoms with Gasteiger partial charge < -0.3 is 14.8 Å². The second-order valence-electron chi connectivity index (χ2n) is 8.65. The third-order valence-corrected chi connectivity index (χ3v) is 7.13. The van der Waals surface area contributed by atoms with Crippen molar-refractivity contribution in [3.8, 4) is 0 Å². The van der Waals surface area contributed by atoms with E-state index in [1.165, 1.54) is 12.1 Å². The summed E-state index contributed by atoms with van der Waals surface area (Å²) in [5.74, 6) is -1.41. The van der Waals surface area contributed by atoms with E-state index in [9.17, 15) is 22.8 Å². The number of ketones is 1. The summed E-state index contributed by atoms with van der Waals surface area (Å²) >= 11 is 0. The third kappa shape index (κ3) is 5.77. The maximum Gasteiger partial charge on any atom is 0.292 e. The van der Waals surface area contributed by atoms with Gasteiger partial charge in [-0.25, -0.2) is 13.6 Å². The van der Waals surface area contributed by atoms with E-state index in [0.717, 1.165) is 43.4 Å². The van der Waals surface area contributed by atoms with Crippen LogP contribution in [0.15, 0.2) is 59.6 Å². The van der Waals surface area contributed by atoms with Crippen LogP contribution in [-0.2, 0) is 32.6 Å². The number of rotatable bonds is 8. The topological polar surface area (TPSA) is 132 Å². The molecule has 0 radical (unpaired) electrons. The number of Topliss-reactive ketones (excluding diaryl/α,β-unsaturated/α-hetero) is 1. The molecule has 0 saturated carbocycles. The van der Waals surface area contributed by atoms with Gasteiger partial charge in [0.1, 0.15) is 6.54 Å². The van der Waals surface area contributed by atoms with Crippen molar-refractivity contribution in [1.82, 2.24) is 14.8 Å². The number of nitrogens with one attached hydrogen (secondary N) is 1. The van der Waals surface area contributed by atoms with Gasteiger partial charge in [-0.2, -0.15) is 0 Å². The number of nitrogens with zero attached hydrogens (tertiary/aromatic N) is 2. The van der Waals surface area contributed by atoms with Crippen molar-refractivity contribution < 1.29 is 22.8 Å². The fourth-order valence-corrected chi connectivity index (χ4v) is 4.83. The van der Waals surface area contributed by atoms with E-state index in [0.29, 0.717) is 11.8 Å². The molecule has 184 valence electrons. The number of sulfonamides is 1. The molecule has 2 heterocycles. The van der Waals surface area contributed by atoms with Gasteiger partial charge in [0.15, 0.2) is 0 Å². The molecule has 0 aliphatic carbocycles. The Morgan fingerprint density at radius 2 is 1.63 bits per heavy atom. The predicted molar refractivity (Wildman–Crippen MR) is 131 cm³/mol. The standard InChI is InChI=1S/C25H28N4O5S/c26-35(33,34)19-10-8-18(9-11-19)12-13-27-25(32)24(31)21-16-29(22-7-3-2-6-20(21)22)17-23(30)28-14-4-1-5-15-28/h2-3,6-11,16H,1,4-5,12-15,17H2,(H,27,32)(H2,26,33,34). The van der Waals surface area contributed by atoms with Crippen molar-refractivity contribution in [2.75, 3.05) is 19.6 Å². The highest BCUT2D eigenvalue weighted by Crippen LogP contribution is 2.22. The lowest BCUT2D eigenvalue weighted by Gasteiger charge is -2.27. The monoisotopic (exact) mass is 496 g/mol. The first-order valence-electron chi connectivity index (χ1n) is 11.5. The Morgan fingerprint density at radius 1 is 0.943 bits per heavy atom. The summed E-state index contributed by atoms with van der Waals surface area (Å²) < 4.78 is 24.4. The number of amides is 2. The van der Waals surface area contributed by atoms with Crippen LogP contribution in [0.5, 0.6) is 0 Å². The molecule has 9 nitrogen and oxygen atoms in total. The molecule has 35 heavy (non-hydrogen) atoms. The molecular weight excluding hydrogens is 468 g/mol. The third-order valence-electron chi connectivity index (χ3n) is 6.20. The predicted octanol–water partition coefficient (Wildman–Crippen LogP) is 1.84. The molecule has 3 aromatic rings. The average molecular weight is 497 g/mol. The fraction of sp³-hybridized carbons (Fsp3) is 0.320. The van der Waals surface area contributed by atoms with Crippen LogP contribution < -0.4 is 10.5 Å². The zero-order valence-electron chi connectivity index (χ0n) is 19.3. The highest BCUT2D eigenvalue weighted by Gasteiger charge is 2.23. The number of likely N-dealkylation sites (tertiary alicyclic amines) is 1. The quantitative estimate of drug-likeness (QED) is 0.363. The van der Waals surface area contributed by atoms with E-state index in [4.69, 9.17) is 5.14 Å². The van der Waals surface area contributed by atoms with Gasteiger partial charge in [0.25, 0.3) is 11.7 Å². The van der Waals surface area contributed by atoms with Crippen LogP contribution in [0.2, 0.25) is 0 Å². The molecule has 0 bridgehead atoms. The fourth-order valence-electron chi connectivity index (χ4n) is 4.32. The smallest absolute Gasteiger partial charge is 0.292 e. The molecule has 3 N–H and O–H groups in total. The van der Waals surface area contributed by atoms with Gasteiger partial charge in [0.2, 0.25) is 15.9 Å². The van der Waals surface area contributed by atoms with E-state index in [-0.39, 0.29) is 29.5 Å². The summed E-state index contributed by atoms with van der Waals surface area (Å²) in [4.78, 5) is 40.2. The van der Waals surface area contributed by atoms with Crippen LogP contribution in [0.1, 0.15) is 35.2 Å². The van der Waals surface area contributed by atoms with Crippen LogP contribution in [0.4, 0.5) is 0 Å². The summed E-state index contributed by atoms with van der Waals surface area (Å²) in [5, 5.41) is 8.34. The van der Waals surface area contributed by atoms with Crippen LogP contribution in [0, 0.1) is 0 Å². The highest BCUT2D eigenvalue weighted by atomic mass is 32.2. The lowest BCUT2D eigenvalue weighted by atomic mass is 10.1. The van der Waals surface area contributed by atoms with Gasteiger partial charge in [-0.3, -0.25) is 14.4 Å². The lowest BCUT2D eigenvalue weighted by Crippen LogP contribution is -2.37. The number of benzene rings is 2. The van der Waals surface area contributed by atoms with Crippen molar-refractivity contribution in [1.29, 1.82) is 0 Å². The largest absolute Gasteiger partial charge is 0.349 e. The Hall–Kier alpha value is -3.50. The number of aromatic nitrogens is 1. The Bertz CT molecular complexity index is 1360. The maximum atomic E-state index is 13.0. The van der Waals surface area contributed by atoms with Crippen molar-refractivity contribution in [2.45, 2.75) is 37.1 Å². The molecule has 1 aliphatic rings. The van der Waals surface area contributed by atoms with E-state index in [2.05, 4.69) is 5.32 Å². The highest BCUT2D eigenvalue weighted by molar-refractivity contribution is 7.89. The zero-order chi connectivity index (χ0) is 25.0. The SMILES string of the molecule is NS(=O)(=O)c1ccc(CCNC(=O)C(=O)c2cn(CC(=O)N3CCCCC3)c3ccccc23)cc1. The summed E-state index contributed by atoms with van der Waals surface area (Å²) in [7, 11) is -3.77. The molecule has 10 heteroatoms. The van der Waals surface area contributed by atoms with Crippen LogP contribution in [-0.4, -0.2) is 55.1 Å². The molecule has 1 saturated heterocycles. The molecule has 4 rings (SSSR count). The summed E-state index contributed by atoms with van der Waals surface area (Å²) in [6.07, 6.45) is 5.12. The number of para-hydroxylation sites is 1. The number of carbonyl (C=O) groups is 3. The minimum absolute atomic E-state index is 0.00218. The number of hydrogen-bond donors (Lipinski definition) is 2. The van der Waals surface area contributed by atoms with Crippen molar-refractivity contribution in [2.24, 2.45) is 5.14 Å². The van der Waals surface area contributed by atoms with E-state index in [1.807, 2.05) is 17.0 Å². The summed E-state index contributed by atoms with van der Waals surface area (Å²) in [6, 6.07) is 13.2. The molecule has 0 unspecified atom stereocenters.